The Balaban J connectivity index is 0.797. The van der Waals surface area contributed by atoms with Gasteiger partial charge in [0.15, 0.2) is 0 Å². The van der Waals surface area contributed by atoms with E-state index in [1.807, 2.05) is 72.8 Å². The van der Waals surface area contributed by atoms with E-state index in [0.717, 1.165) is 11.1 Å². The molecule has 8 aliphatic heterocycles. The van der Waals surface area contributed by atoms with Gasteiger partial charge in [-0.3, -0.25) is 0 Å². The minimum atomic E-state index is -1.88. The van der Waals surface area contributed by atoms with Gasteiger partial charge in [0, 0.05) is 32.5 Å². The quantitative estimate of drug-likeness (QED) is 0.141. The minimum Gasteiger partial charge on any atom is -0.409 e. The molecular weight excluding hydrogens is 1020 g/mol. The molecular formula is C72H72O6P2. The molecule has 8 heteroatoms. The Kier molecular flexibility index (Phi) is 14.3. The Morgan fingerprint density at radius 3 is 0.787 bits per heavy atom. The van der Waals surface area contributed by atoms with Crippen LogP contribution >= 0.6 is 17.2 Å². The van der Waals surface area contributed by atoms with Crippen LogP contribution in [0.5, 0.6) is 34.5 Å². The van der Waals surface area contributed by atoms with Crippen LogP contribution in [-0.4, -0.2) is 0 Å². The second kappa shape index (κ2) is 20.9. The van der Waals surface area contributed by atoms with Gasteiger partial charge < -0.3 is 27.1 Å². The molecule has 17 rings (SSSR count). The van der Waals surface area contributed by atoms with Crippen molar-refractivity contribution in [1.29, 1.82) is 0 Å². The lowest BCUT2D eigenvalue weighted by Gasteiger charge is -2.31. The highest BCUT2D eigenvalue weighted by Crippen LogP contribution is 2.48. The number of hydrogen-bond acceptors (Lipinski definition) is 6. The van der Waals surface area contributed by atoms with E-state index in [9.17, 15) is 0 Å². The molecule has 0 amide bonds. The molecule has 80 heavy (non-hydrogen) atoms. The second-order valence-corrected chi connectivity index (χ2v) is 26.6. The maximum atomic E-state index is 6.59. The molecule has 12 bridgehead atoms. The van der Waals surface area contributed by atoms with Gasteiger partial charge in [-0.25, -0.2) is 0 Å². The largest absolute Gasteiger partial charge is 0.530 e. The van der Waals surface area contributed by atoms with Gasteiger partial charge in [-0.1, -0.05) is 229 Å². The molecule has 0 N–H and O–H groups in total. The van der Waals surface area contributed by atoms with Crippen molar-refractivity contribution in [2.45, 2.75) is 116 Å². The van der Waals surface area contributed by atoms with E-state index in [4.69, 9.17) is 27.1 Å². The first kappa shape index (κ1) is 54.6. The summed E-state index contributed by atoms with van der Waals surface area (Å²) in [6, 6.07) is 76.8. The zero-order chi connectivity index (χ0) is 56.2. The van der Waals surface area contributed by atoms with Crippen LogP contribution in [-0.2, 0) is 32.5 Å². The summed E-state index contributed by atoms with van der Waals surface area (Å²) in [4.78, 5) is 0. The van der Waals surface area contributed by atoms with E-state index in [0.29, 0.717) is 34.5 Å². The van der Waals surface area contributed by atoms with Crippen molar-refractivity contribution in [3.8, 4) is 34.5 Å². The molecule has 0 spiro atoms. The van der Waals surface area contributed by atoms with Gasteiger partial charge in [0.25, 0.3) is 0 Å². The van der Waals surface area contributed by atoms with E-state index in [-0.39, 0.29) is 32.5 Å². The van der Waals surface area contributed by atoms with E-state index in [2.05, 4.69) is 229 Å². The van der Waals surface area contributed by atoms with Crippen LogP contribution in [0.4, 0.5) is 0 Å². The Bertz CT molecular complexity index is 3240. The molecule has 8 heterocycles. The summed E-state index contributed by atoms with van der Waals surface area (Å²) in [5.74, 6) is 4.02. The van der Waals surface area contributed by atoms with Gasteiger partial charge in [-0.05, 0) is 140 Å². The van der Waals surface area contributed by atoms with Crippen molar-refractivity contribution in [3.05, 3.63) is 285 Å². The van der Waals surface area contributed by atoms with Crippen LogP contribution in [0.3, 0.4) is 0 Å². The van der Waals surface area contributed by atoms with Gasteiger partial charge >= 0.3 is 17.2 Å². The van der Waals surface area contributed by atoms with Crippen LogP contribution in [0, 0.1) is 0 Å². The summed E-state index contributed by atoms with van der Waals surface area (Å²) in [5, 5.41) is 0. The fourth-order valence-electron chi connectivity index (χ4n) is 11.1. The molecule has 0 atom stereocenters. The fourth-order valence-corrected chi connectivity index (χ4v) is 13.1. The fraction of sp³-hybridized carbons (Fsp3) is 0.250. The molecule has 0 aromatic heterocycles. The summed E-state index contributed by atoms with van der Waals surface area (Å²) < 4.78 is 39.3. The Hall–Kier alpha value is -7.36. The molecule has 6 nitrogen and oxygen atoms in total. The maximum absolute atomic E-state index is 6.59. The van der Waals surface area contributed by atoms with Gasteiger partial charge in [0.2, 0.25) is 0 Å². The topological polar surface area (TPSA) is 55.4 Å². The van der Waals surface area contributed by atoms with Crippen LogP contribution in [0.2, 0.25) is 0 Å². The average molecular weight is 1100 g/mol. The molecule has 406 valence electrons. The predicted molar refractivity (Wildman–Crippen MR) is 328 cm³/mol. The maximum Gasteiger partial charge on any atom is 0.530 e. The van der Waals surface area contributed by atoms with E-state index in [1.165, 1.54) is 55.6 Å². The van der Waals surface area contributed by atoms with Crippen LogP contribution in [0.1, 0.15) is 150 Å². The molecule has 0 radical (unpaired) electrons. The molecule has 9 aromatic rings. The minimum absolute atomic E-state index is 0.226. The summed E-state index contributed by atoms with van der Waals surface area (Å²) in [5.41, 5.74) is 13.0. The Labute approximate surface area is 477 Å². The molecule has 0 saturated carbocycles. The second-order valence-electron chi connectivity index (χ2n) is 24.6. The zero-order valence-corrected chi connectivity index (χ0v) is 49.9. The number of benzene rings is 9. The SMILES string of the molecule is CC(C)(c1ccc(OP2Oc3ccc(cc3)C(C)(C)c3cccc(c3)C(C)(C)c3ccc(cc3)O2)cc1)c1cccc(C(C)(C)c2ccc(OP3Oc4ccc(cc4)C(C)(C)c4cccc(c4)C(C)(C)c4ccc(cc4)O3)cc2)c1. The van der Waals surface area contributed by atoms with Crippen molar-refractivity contribution in [1.82, 2.24) is 0 Å². The molecule has 9 aromatic carbocycles. The van der Waals surface area contributed by atoms with Gasteiger partial charge in [-0.15, -0.1) is 0 Å². The van der Waals surface area contributed by atoms with Crippen LogP contribution < -0.4 is 27.1 Å². The highest BCUT2D eigenvalue weighted by molar-refractivity contribution is 7.43. The van der Waals surface area contributed by atoms with Crippen molar-refractivity contribution < 1.29 is 27.1 Å². The summed E-state index contributed by atoms with van der Waals surface area (Å²) in [7, 11) is -3.76. The van der Waals surface area contributed by atoms with Crippen molar-refractivity contribution >= 4 is 17.2 Å². The first-order chi connectivity index (χ1) is 38.1. The smallest absolute Gasteiger partial charge is 0.409 e. The van der Waals surface area contributed by atoms with Crippen molar-refractivity contribution in [3.63, 3.8) is 0 Å². The first-order valence-electron chi connectivity index (χ1n) is 27.7. The van der Waals surface area contributed by atoms with Crippen molar-refractivity contribution in [2.24, 2.45) is 0 Å². The third-order valence-electron chi connectivity index (χ3n) is 17.5. The van der Waals surface area contributed by atoms with Crippen LogP contribution in [0.15, 0.2) is 218 Å². The van der Waals surface area contributed by atoms with Gasteiger partial charge in [0.05, 0.1) is 0 Å². The molecule has 0 fully saturated rings. The number of hydrogen-bond donors (Lipinski definition) is 0. The standard InChI is InChI=1S/C72H72O6P2/c1-67(2)49-22-34-61(35-23-49)73-79(74-62-36-24-50(25-37-62)68(3,4)56-17-13-16-55(67)46-56)77-65-42-30-53(31-43-65)71(9,10)59-20-15-21-60(48-59)72(11,12)54-32-44-66(45-33-54)78-80-75-63-38-26-51(27-39-63)69(5,6)57-18-14-19-58(47-57)70(7,8)52-28-40-64(76-80)41-29-52/h13-48H,1-12H3. The number of rotatable bonds is 8. The highest BCUT2D eigenvalue weighted by Gasteiger charge is 2.33. The third-order valence-corrected chi connectivity index (χ3v) is 19.6. The van der Waals surface area contributed by atoms with E-state index >= 15 is 0 Å². The third kappa shape index (κ3) is 10.7. The molecule has 0 aliphatic carbocycles. The van der Waals surface area contributed by atoms with Gasteiger partial charge in [0.1, 0.15) is 34.5 Å². The Morgan fingerprint density at radius 2 is 0.525 bits per heavy atom. The van der Waals surface area contributed by atoms with E-state index < -0.39 is 17.2 Å². The zero-order valence-electron chi connectivity index (χ0n) is 48.1. The monoisotopic (exact) mass is 1090 g/mol. The first-order valence-corrected chi connectivity index (χ1v) is 29.9. The lowest BCUT2D eigenvalue weighted by Crippen LogP contribution is -2.23. The molecule has 0 unspecified atom stereocenters. The average Bonchev–Trinajstić information content (AvgIpc) is 3.48. The predicted octanol–water partition coefficient (Wildman–Crippen LogP) is 19.8. The summed E-state index contributed by atoms with van der Waals surface area (Å²) >= 11 is 0. The lowest BCUT2D eigenvalue weighted by molar-refractivity contribution is 0.386. The molecule has 0 saturated heterocycles. The van der Waals surface area contributed by atoms with Gasteiger partial charge in [-0.2, -0.15) is 0 Å². The van der Waals surface area contributed by atoms with E-state index in [1.54, 1.807) is 0 Å². The normalized spacial score (nSPS) is 16.4. The molecule has 8 aliphatic rings. The Morgan fingerprint density at radius 1 is 0.275 bits per heavy atom. The van der Waals surface area contributed by atoms with Crippen LogP contribution in [0.25, 0.3) is 0 Å². The summed E-state index contributed by atoms with van der Waals surface area (Å²) in [6.45, 7) is 27.3. The highest BCUT2D eigenvalue weighted by atomic mass is 31.2. The summed E-state index contributed by atoms with van der Waals surface area (Å²) in [6.07, 6.45) is 0. The lowest BCUT2D eigenvalue weighted by atomic mass is 9.73. The van der Waals surface area contributed by atoms with Crippen molar-refractivity contribution in [2.75, 3.05) is 0 Å².